The summed E-state index contributed by atoms with van der Waals surface area (Å²) in [7, 11) is 0. The largest absolute Gasteiger partial charge is 0.323 e. The molecule has 1 aromatic carbocycles. The first-order valence-electron chi connectivity index (χ1n) is 6.02. The number of aromatic nitrogens is 2. The Morgan fingerprint density at radius 3 is 3.00 bits per heavy atom. The smallest absolute Gasteiger partial charge is 0.123 e. The van der Waals surface area contributed by atoms with E-state index in [1.54, 1.807) is 6.07 Å². The third-order valence-electron chi connectivity index (χ3n) is 2.75. The molecule has 0 fully saturated rings. The van der Waals surface area contributed by atoms with Gasteiger partial charge in [0.1, 0.15) is 5.82 Å². The zero-order valence-electron chi connectivity index (χ0n) is 10.3. The maximum Gasteiger partial charge on any atom is 0.123 e. The molecule has 0 aliphatic carbocycles. The van der Waals surface area contributed by atoms with Gasteiger partial charge in [-0.05, 0) is 42.1 Å². The standard InChI is InChI=1S/C13H16FN3S/c1-2-4-12-13(18-17-16-12)11(15)8-9-5-3-6-10(14)7-9/h3,5-7,11H,2,4,8,15H2,1H3. The highest BCUT2D eigenvalue weighted by molar-refractivity contribution is 7.05. The highest BCUT2D eigenvalue weighted by Gasteiger charge is 2.15. The third-order valence-corrected chi connectivity index (χ3v) is 3.65. The Labute approximate surface area is 110 Å². The number of hydrogen-bond acceptors (Lipinski definition) is 4. The molecule has 0 amide bonds. The summed E-state index contributed by atoms with van der Waals surface area (Å²) in [5.74, 6) is -0.226. The van der Waals surface area contributed by atoms with Crippen molar-refractivity contribution in [3.05, 3.63) is 46.2 Å². The molecular weight excluding hydrogens is 249 g/mol. The van der Waals surface area contributed by atoms with Crippen LogP contribution in [0.2, 0.25) is 0 Å². The minimum absolute atomic E-state index is 0.159. The maximum absolute atomic E-state index is 13.1. The number of aryl methyl sites for hydroxylation is 1. The molecule has 0 saturated carbocycles. The minimum Gasteiger partial charge on any atom is -0.323 e. The molecule has 3 nitrogen and oxygen atoms in total. The third kappa shape index (κ3) is 3.11. The highest BCUT2D eigenvalue weighted by Crippen LogP contribution is 2.23. The highest BCUT2D eigenvalue weighted by atomic mass is 32.1. The van der Waals surface area contributed by atoms with Crippen molar-refractivity contribution < 1.29 is 4.39 Å². The van der Waals surface area contributed by atoms with Gasteiger partial charge in [0.05, 0.1) is 10.6 Å². The van der Waals surface area contributed by atoms with Gasteiger partial charge in [-0.15, -0.1) is 5.10 Å². The number of nitrogens with two attached hydrogens (primary N) is 1. The summed E-state index contributed by atoms with van der Waals surface area (Å²) in [6, 6.07) is 6.39. The molecule has 2 N–H and O–H groups in total. The van der Waals surface area contributed by atoms with Gasteiger partial charge in [-0.25, -0.2) is 4.39 Å². The van der Waals surface area contributed by atoms with Crippen LogP contribution < -0.4 is 5.73 Å². The molecule has 0 bridgehead atoms. The monoisotopic (exact) mass is 265 g/mol. The topological polar surface area (TPSA) is 51.8 Å². The molecule has 0 spiro atoms. The van der Waals surface area contributed by atoms with E-state index in [-0.39, 0.29) is 11.9 Å². The summed E-state index contributed by atoms with van der Waals surface area (Å²) in [5.41, 5.74) is 8.04. The molecular formula is C13H16FN3S. The van der Waals surface area contributed by atoms with Crippen LogP contribution in [0.3, 0.4) is 0 Å². The Morgan fingerprint density at radius 1 is 1.44 bits per heavy atom. The average molecular weight is 265 g/mol. The van der Waals surface area contributed by atoms with E-state index >= 15 is 0 Å². The van der Waals surface area contributed by atoms with E-state index in [4.69, 9.17) is 5.73 Å². The van der Waals surface area contributed by atoms with Crippen molar-refractivity contribution in [2.75, 3.05) is 0 Å². The van der Waals surface area contributed by atoms with Crippen LogP contribution in [0.4, 0.5) is 4.39 Å². The Bertz CT molecular complexity index is 512. The lowest BCUT2D eigenvalue weighted by atomic mass is 10.0. The van der Waals surface area contributed by atoms with E-state index < -0.39 is 0 Å². The van der Waals surface area contributed by atoms with Crippen molar-refractivity contribution >= 4 is 11.5 Å². The quantitative estimate of drug-likeness (QED) is 0.904. The van der Waals surface area contributed by atoms with Gasteiger partial charge in [-0.1, -0.05) is 30.0 Å². The molecule has 1 heterocycles. The first-order valence-corrected chi connectivity index (χ1v) is 6.79. The molecule has 18 heavy (non-hydrogen) atoms. The fourth-order valence-corrected chi connectivity index (χ4v) is 2.61. The summed E-state index contributed by atoms with van der Waals surface area (Å²) in [6.45, 7) is 2.10. The normalized spacial score (nSPS) is 12.6. The predicted molar refractivity (Wildman–Crippen MR) is 70.9 cm³/mol. The lowest BCUT2D eigenvalue weighted by Gasteiger charge is -2.10. The Balaban J connectivity index is 2.11. The van der Waals surface area contributed by atoms with Crippen LogP contribution in [0.15, 0.2) is 24.3 Å². The fourth-order valence-electron chi connectivity index (χ4n) is 1.92. The van der Waals surface area contributed by atoms with E-state index in [0.717, 1.165) is 29.0 Å². The summed E-state index contributed by atoms with van der Waals surface area (Å²) in [6.07, 6.45) is 2.52. The molecule has 2 aromatic rings. The van der Waals surface area contributed by atoms with E-state index in [0.29, 0.717) is 6.42 Å². The molecule has 96 valence electrons. The Morgan fingerprint density at radius 2 is 2.28 bits per heavy atom. The zero-order chi connectivity index (χ0) is 13.0. The van der Waals surface area contributed by atoms with Crippen LogP contribution in [0.1, 0.15) is 35.5 Å². The van der Waals surface area contributed by atoms with Crippen LogP contribution in [-0.4, -0.2) is 9.59 Å². The van der Waals surface area contributed by atoms with Crippen LogP contribution in [0, 0.1) is 5.82 Å². The van der Waals surface area contributed by atoms with Crippen molar-refractivity contribution in [1.82, 2.24) is 9.59 Å². The molecule has 0 aliphatic heterocycles. The average Bonchev–Trinajstić information content (AvgIpc) is 2.78. The van der Waals surface area contributed by atoms with Gasteiger partial charge in [0, 0.05) is 6.04 Å². The summed E-state index contributed by atoms with van der Waals surface area (Å²) in [4.78, 5) is 1.01. The van der Waals surface area contributed by atoms with E-state index in [1.165, 1.54) is 23.7 Å². The molecule has 1 atom stereocenters. The van der Waals surface area contributed by atoms with Gasteiger partial charge in [-0.3, -0.25) is 0 Å². The second kappa shape index (κ2) is 6.02. The molecule has 0 saturated heterocycles. The van der Waals surface area contributed by atoms with Gasteiger partial charge in [0.15, 0.2) is 0 Å². The summed E-state index contributed by atoms with van der Waals surface area (Å²) >= 11 is 1.34. The van der Waals surface area contributed by atoms with E-state index in [2.05, 4.69) is 16.5 Å². The molecule has 0 aliphatic rings. The van der Waals surface area contributed by atoms with Crippen molar-refractivity contribution in [3.63, 3.8) is 0 Å². The number of nitrogens with zero attached hydrogens (tertiary/aromatic N) is 2. The Kier molecular flexibility index (Phi) is 4.38. The molecule has 2 rings (SSSR count). The van der Waals surface area contributed by atoms with Crippen molar-refractivity contribution in [3.8, 4) is 0 Å². The lowest BCUT2D eigenvalue weighted by molar-refractivity contribution is 0.622. The van der Waals surface area contributed by atoms with Crippen molar-refractivity contribution in [2.24, 2.45) is 5.73 Å². The van der Waals surface area contributed by atoms with Crippen LogP contribution in [-0.2, 0) is 12.8 Å². The Hall–Kier alpha value is -1.33. The number of rotatable bonds is 5. The van der Waals surface area contributed by atoms with Gasteiger partial charge in [0.2, 0.25) is 0 Å². The van der Waals surface area contributed by atoms with Crippen molar-refractivity contribution in [2.45, 2.75) is 32.2 Å². The second-order valence-corrected chi connectivity index (χ2v) is 5.06. The number of halogens is 1. The molecule has 0 radical (unpaired) electrons. The van der Waals surface area contributed by atoms with Gasteiger partial charge < -0.3 is 5.73 Å². The SMILES string of the molecule is CCCc1nnsc1C(N)Cc1cccc(F)c1. The van der Waals surface area contributed by atoms with Crippen molar-refractivity contribution in [1.29, 1.82) is 0 Å². The van der Waals surface area contributed by atoms with E-state index in [1.807, 2.05) is 6.07 Å². The number of hydrogen-bond donors (Lipinski definition) is 1. The maximum atomic E-state index is 13.1. The second-order valence-electron chi connectivity index (χ2n) is 4.27. The minimum atomic E-state index is -0.226. The first-order chi connectivity index (χ1) is 8.70. The molecule has 1 unspecified atom stereocenters. The molecule has 5 heteroatoms. The predicted octanol–water partition coefficient (Wildman–Crippen LogP) is 2.87. The van der Waals surface area contributed by atoms with Crippen LogP contribution >= 0.6 is 11.5 Å². The van der Waals surface area contributed by atoms with Gasteiger partial charge in [-0.2, -0.15) is 0 Å². The lowest BCUT2D eigenvalue weighted by Crippen LogP contribution is -2.14. The summed E-state index contributed by atoms with van der Waals surface area (Å²) in [5, 5.41) is 4.10. The van der Waals surface area contributed by atoms with E-state index in [9.17, 15) is 4.39 Å². The molecule has 1 aromatic heterocycles. The van der Waals surface area contributed by atoms with Gasteiger partial charge >= 0.3 is 0 Å². The summed E-state index contributed by atoms with van der Waals surface area (Å²) < 4.78 is 17.1. The first kappa shape index (κ1) is 13.1. The fraction of sp³-hybridized carbons (Fsp3) is 0.385. The van der Waals surface area contributed by atoms with Crippen LogP contribution in [0.25, 0.3) is 0 Å². The number of benzene rings is 1. The van der Waals surface area contributed by atoms with Gasteiger partial charge in [0.25, 0.3) is 0 Å². The zero-order valence-corrected chi connectivity index (χ0v) is 11.1. The van der Waals surface area contributed by atoms with Crippen LogP contribution in [0.5, 0.6) is 0 Å².